The quantitative estimate of drug-likeness (QED) is 0.179. The highest BCUT2D eigenvalue weighted by molar-refractivity contribution is 7.36. The average molecular weight is 645 g/mol. The van der Waals surface area contributed by atoms with Gasteiger partial charge in [0.15, 0.2) is 0 Å². The first kappa shape index (κ1) is 27.6. The second-order valence-corrected chi connectivity index (χ2v) is 14.7. The van der Waals surface area contributed by atoms with Crippen molar-refractivity contribution in [3.8, 4) is 44.5 Å². The van der Waals surface area contributed by atoms with E-state index < -0.39 is 0 Å². The van der Waals surface area contributed by atoms with E-state index in [-0.39, 0.29) is 0 Å². The van der Waals surface area contributed by atoms with Gasteiger partial charge in [-0.15, -0.1) is 22.7 Å². The van der Waals surface area contributed by atoms with Crippen molar-refractivity contribution in [1.29, 1.82) is 0 Å². The molecule has 0 aliphatic heterocycles. The molecule has 0 nitrogen and oxygen atoms in total. The van der Waals surface area contributed by atoms with Gasteiger partial charge in [-0.3, -0.25) is 0 Å². The van der Waals surface area contributed by atoms with Gasteiger partial charge in [0.1, 0.15) is 0 Å². The van der Waals surface area contributed by atoms with E-state index in [4.69, 9.17) is 0 Å². The summed E-state index contributed by atoms with van der Waals surface area (Å²) in [5, 5.41) is 7.96. The number of fused-ring (bicyclic) bond motifs is 7. The van der Waals surface area contributed by atoms with Gasteiger partial charge < -0.3 is 0 Å². The third-order valence-corrected chi connectivity index (χ3v) is 12.1. The molecule has 0 aliphatic rings. The molecule has 48 heavy (non-hydrogen) atoms. The SMILES string of the molecule is c1ccc(-c2cccc(-c3cccc(-c4ccc(-c5ccc6cc7c(cc6c5)sc5c6cc8ccccc8cc6sc75)cc4)c3)c2)cc1. The largest absolute Gasteiger partial charge is 0.134 e. The molecule has 0 bridgehead atoms. The first-order valence-electron chi connectivity index (χ1n) is 16.3. The topological polar surface area (TPSA) is 0 Å². The van der Waals surface area contributed by atoms with Crippen LogP contribution < -0.4 is 0 Å². The predicted octanol–water partition coefficient (Wildman–Crippen LogP) is 14.2. The zero-order valence-corrected chi connectivity index (χ0v) is 27.6. The maximum atomic E-state index is 2.40. The molecule has 10 rings (SSSR count). The first-order chi connectivity index (χ1) is 23.7. The smallest absolute Gasteiger partial charge is 0.0542 e. The summed E-state index contributed by atoms with van der Waals surface area (Å²) < 4.78 is 5.56. The van der Waals surface area contributed by atoms with Gasteiger partial charge in [0.25, 0.3) is 0 Å². The number of rotatable bonds is 4. The van der Waals surface area contributed by atoms with E-state index in [2.05, 4.69) is 170 Å². The van der Waals surface area contributed by atoms with E-state index in [1.807, 2.05) is 22.7 Å². The van der Waals surface area contributed by atoms with Crippen molar-refractivity contribution in [2.24, 2.45) is 0 Å². The minimum absolute atomic E-state index is 1.22. The molecule has 8 aromatic carbocycles. The third kappa shape index (κ3) is 4.65. The van der Waals surface area contributed by atoms with Crippen LogP contribution >= 0.6 is 22.7 Å². The van der Waals surface area contributed by atoms with Crippen LogP contribution in [0, 0.1) is 0 Å². The van der Waals surface area contributed by atoms with Crippen LogP contribution in [0.2, 0.25) is 0 Å². The van der Waals surface area contributed by atoms with Crippen molar-refractivity contribution in [3.05, 3.63) is 170 Å². The van der Waals surface area contributed by atoms with Gasteiger partial charge in [0.2, 0.25) is 0 Å². The molecule has 0 unspecified atom stereocenters. The standard InChI is InChI=1S/C46H28S2/c1-2-8-29(9-3-1)32-12-6-14-34(22-32)35-15-7-13-33(23-35)30-16-18-31(19-17-30)38-20-21-39-26-42-44(28-40(39)24-38)48-45-41-25-36-10-4-5-11-37(36)27-43(41)47-46(42)45/h1-28H. The van der Waals surface area contributed by atoms with Crippen molar-refractivity contribution in [1.82, 2.24) is 0 Å². The minimum atomic E-state index is 1.22. The van der Waals surface area contributed by atoms with E-state index in [1.54, 1.807) is 0 Å². The maximum absolute atomic E-state index is 2.40. The summed E-state index contributed by atoms with van der Waals surface area (Å²) in [6, 6.07) is 62.4. The zero-order chi connectivity index (χ0) is 31.6. The summed E-state index contributed by atoms with van der Waals surface area (Å²) in [6.45, 7) is 0. The highest BCUT2D eigenvalue weighted by Crippen LogP contribution is 2.46. The summed E-state index contributed by atoms with van der Waals surface area (Å²) in [4.78, 5) is 0. The highest BCUT2D eigenvalue weighted by atomic mass is 32.1. The average Bonchev–Trinajstić information content (AvgIpc) is 3.68. The zero-order valence-electron chi connectivity index (χ0n) is 26.0. The van der Waals surface area contributed by atoms with Gasteiger partial charge in [0, 0.05) is 20.2 Å². The van der Waals surface area contributed by atoms with Crippen LogP contribution in [0.25, 0.3) is 95.6 Å². The van der Waals surface area contributed by atoms with Crippen LogP contribution in [0.5, 0.6) is 0 Å². The molecule has 224 valence electrons. The molecule has 2 heterocycles. The second kappa shape index (κ2) is 11.0. The predicted molar refractivity (Wildman–Crippen MR) is 211 cm³/mol. The molecule has 0 spiro atoms. The van der Waals surface area contributed by atoms with Crippen LogP contribution in [-0.2, 0) is 0 Å². The van der Waals surface area contributed by atoms with Crippen LogP contribution in [0.15, 0.2) is 170 Å². The molecular formula is C46H28S2. The maximum Gasteiger partial charge on any atom is 0.0542 e. The van der Waals surface area contributed by atoms with E-state index >= 15 is 0 Å². The Labute approximate surface area is 286 Å². The fraction of sp³-hybridized carbons (Fsp3) is 0. The van der Waals surface area contributed by atoms with E-state index in [1.165, 1.54) is 95.6 Å². The van der Waals surface area contributed by atoms with Gasteiger partial charge in [-0.25, -0.2) is 0 Å². The minimum Gasteiger partial charge on any atom is -0.134 e. The van der Waals surface area contributed by atoms with Crippen molar-refractivity contribution >= 4 is 73.8 Å². The van der Waals surface area contributed by atoms with Gasteiger partial charge >= 0.3 is 0 Å². The van der Waals surface area contributed by atoms with Crippen LogP contribution in [0.4, 0.5) is 0 Å². The van der Waals surface area contributed by atoms with Crippen LogP contribution in [-0.4, -0.2) is 0 Å². The Balaban J connectivity index is 0.971. The summed E-state index contributed by atoms with van der Waals surface area (Å²) in [7, 11) is 0. The first-order valence-corrected chi connectivity index (χ1v) is 17.9. The highest BCUT2D eigenvalue weighted by Gasteiger charge is 2.14. The molecule has 2 heteroatoms. The Morgan fingerprint density at radius 3 is 1.23 bits per heavy atom. The lowest BCUT2D eigenvalue weighted by Gasteiger charge is -2.10. The third-order valence-electron chi connectivity index (χ3n) is 9.62. The number of hydrogen-bond donors (Lipinski definition) is 0. The summed E-state index contributed by atoms with van der Waals surface area (Å²) >= 11 is 3.86. The fourth-order valence-corrected chi connectivity index (χ4v) is 9.80. The Morgan fingerprint density at radius 2 is 0.646 bits per heavy atom. The lowest BCUT2D eigenvalue weighted by atomic mass is 9.95. The molecule has 0 aliphatic carbocycles. The Kier molecular flexibility index (Phi) is 6.33. The molecule has 0 radical (unpaired) electrons. The molecule has 0 atom stereocenters. The van der Waals surface area contributed by atoms with Crippen molar-refractivity contribution < 1.29 is 0 Å². The number of hydrogen-bond acceptors (Lipinski definition) is 2. The number of thiophene rings is 2. The number of benzene rings is 8. The summed E-state index contributed by atoms with van der Waals surface area (Å²) in [6.07, 6.45) is 0. The van der Waals surface area contributed by atoms with Gasteiger partial charge in [0.05, 0.1) is 9.40 Å². The van der Waals surface area contributed by atoms with Crippen molar-refractivity contribution in [2.75, 3.05) is 0 Å². The summed E-state index contributed by atoms with van der Waals surface area (Å²) in [5.74, 6) is 0. The van der Waals surface area contributed by atoms with Gasteiger partial charge in [-0.2, -0.15) is 0 Å². The van der Waals surface area contributed by atoms with Crippen LogP contribution in [0.1, 0.15) is 0 Å². The lowest BCUT2D eigenvalue weighted by Crippen LogP contribution is -1.84. The fourth-order valence-electron chi connectivity index (χ4n) is 7.11. The summed E-state index contributed by atoms with van der Waals surface area (Å²) in [5.41, 5.74) is 9.86. The molecule has 0 saturated heterocycles. The Hall–Kier alpha value is -5.54. The molecule has 2 aromatic heterocycles. The second-order valence-electron chi connectivity index (χ2n) is 12.6. The van der Waals surface area contributed by atoms with Crippen LogP contribution in [0.3, 0.4) is 0 Å². The molecule has 0 amide bonds. The van der Waals surface area contributed by atoms with E-state index in [0.717, 1.165) is 0 Å². The Morgan fingerprint density at radius 1 is 0.250 bits per heavy atom. The van der Waals surface area contributed by atoms with Crippen molar-refractivity contribution in [3.63, 3.8) is 0 Å². The normalized spacial score (nSPS) is 11.8. The molecule has 0 saturated carbocycles. The van der Waals surface area contributed by atoms with Gasteiger partial charge in [-0.1, -0.05) is 127 Å². The monoisotopic (exact) mass is 644 g/mol. The van der Waals surface area contributed by atoms with Gasteiger partial charge in [-0.05, 0) is 109 Å². The Bertz CT molecular complexity index is 2820. The van der Waals surface area contributed by atoms with Crippen molar-refractivity contribution in [2.45, 2.75) is 0 Å². The lowest BCUT2D eigenvalue weighted by molar-refractivity contribution is 1.57. The molecule has 10 aromatic rings. The van der Waals surface area contributed by atoms with E-state index in [9.17, 15) is 0 Å². The van der Waals surface area contributed by atoms with E-state index in [0.29, 0.717) is 0 Å². The molecular weight excluding hydrogens is 617 g/mol. The molecule has 0 fully saturated rings. The molecule has 0 N–H and O–H groups in total.